The van der Waals surface area contributed by atoms with Crippen LogP contribution in [0, 0.1) is 5.82 Å². The molecule has 0 bridgehead atoms. The average Bonchev–Trinajstić information content (AvgIpc) is 3.53. The third-order valence-corrected chi connectivity index (χ3v) is 8.21. The molecule has 1 saturated carbocycles. The summed E-state index contributed by atoms with van der Waals surface area (Å²) in [5.41, 5.74) is -0.633. The maximum absolute atomic E-state index is 13.6. The summed E-state index contributed by atoms with van der Waals surface area (Å²) in [6, 6.07) is 1.64. The highest BCUT2D eigenvalue weighted by molar-refractivity contribution is 7.89. The molecule has 7 nitrogen and oxygen atoms in total. The lowest BCUT2D eigenvalue weighted by Crippen LogP contribution is -2.51. The van der Waals surface area contributed by atoms with E-state index in [4.69, 9.17) is 4.74 Å². The van der Waals surface area contributed by atoms with Gasteiger partial charge in [0, 0.05) is 44.6 Å². The SMILES string of the molecule is O=S(=O)(c1ccc(F)c(C(F)(F)F)c1)N1CCN2C[C@H](Oc3cnc(C4CC4)cn3)C[C@H]2C1. The maximum atomic E-state index is 13.6. The number of aromatic nitrogens is 2. The summed E-state index contributed by atoms with van der Waals surface area (Å²) in [4.78, 5) is 10.2. The van der Waals surface area contributed by atoms with E-state index in [1.165, 1.54) is 0 Å². The second-order valence-electron chi connectivity index (χ2n) is 8.68. The second-order valence-corrected chi connectivity index (χ2v) is 10.6. The van der Waals surface area contributed by atoms with Crippen molar-refractivity contribution in [1.82, 2.24) is 19.2 Å². The number of benzene rings is 1. The van der Waals surface area contributed by atoms with E-state index >= 15 is 0 Å². The van der Waals surface area contributed by atoms with Crippen molar-refractivity contribution in [2.45, 2.75) is 48.4 Å². The number of rotatable bonds is 5. The van der Waals surface area contributed by atoms with Gasteiger partial charge in [-0.15, -0.1) is 0 Å². The van der Waals surface area contributed by atoms with Crippen molar-refractivity contribution in [1.29, 1.82) is 0 Å². The summed E-state index contributed by atoms with van der Waals surface area (Å²) in [6.07, 6.45) is 0.961. The quantitative estimate of drug-likeness (QED) is 0.605. The lowest BCUT2D eigenvalue weighted by molar-refractivity contribution is -0.140. The first-order valence-corrected chi connectivity index (χ1v) is 12.1. The van der Waals surface area contributed by atoms with Gasteiger partial charge in [0.1, 0.15) is 11.9 Å². The van der Waals surface area contributed by atoms with Crippen LogP contribution in [0.1, 0.15) is 36.4 Å². The predicted octanol–water partition coefficient (Wildman–Crippen LogP) is 3.04. The third kappa shape index (κ3) is 4.56. The lowest BCUT2D eigenvalue weighted by atomic mass is 10.2. The van der Waals surface area contributed by atoms with Gasteiger partial charge in [0.15, 0.2) is 0 Å². The Morgan fingerprint density at radius 3 is 2.52 bits per heavy atom. The Morgan fingerprint density at radius 1 is 1.06 bits per heavy atom. The number of sulfonamides is 1. The molecule has 12 heteroatoms. The number of hydrogen-bond donors (Lipinski definition) is 0. The van der Waals surface area contributed by atoms with Gasteiger partial charge in [0.2, 0.25) is 15.9 Å². The average molecular weight is 486 g/mol. The molecular formula is C21H22F4N4O3S. The number of piperazine rings is 1. The molecule has 3 fully saturated rings. The molecule has 2 aromatic rings. The van der Waals surface area contributed by atoms with Crippen LogP contribution in [0.25, 0.3) is 0 Å². The monoisotopic (exact) mass is 486 g/mol. The number of fused-ring (bicyclic) bond motifs is 1. The smallest absolute Gasteiger partial charge is 0.419 e. The molecule has 0 N–H and O–H groups in total. The minimum atomic E-state index is -4.98. The zero-order valence-electron chi connectivity index (χ0n) is 17.5. The van der Waals surface area contributed by atoms with E-state index in [1.54, 1.807) is 12.4 Å². The Labute approximate surface area is 188 Å². The van der Waals surface area contributed by atoms with E-state index in [-0.39, 0.29) is 25.2 Å². The standard InChI is InChI=1S/C21H22F4N4O3S/c22-18-4-3-16(8-17(18)21(23,24)25)33(30,31)29-6-5-28-12-15(7-14(28)11-29)32-20-10-26-19(9-27-20)13-1-2-13/h3-4,8-10,13-15H,1-2,5-7,11-12H2/t14-,15+/m0/s1. The Kier molecular flexibility index (Phi) is 5.57. The molecule has 5 rings (SSSR count). The first kappa shape index (κ1) is 22.5. The fourth-order valence-electron chi connectivity index (χ4n) is 4.45. The van der Waals surface area contributed by atoms with E-state index in [0.29, 0.717) is 43.4 Å². The number of alkyl halides is 3. The zero-order valence-corrected chi connectivity index (χ0v) is 18.3. The molecule has 178 valence electrons. The molecule has 2 atom stereocenters. The van der Waals surface area contributed by atoms with Crippen molar-refractivity contribution in [3.8, 4) is 5.88 Å². The molecule has 0 radical (unpaired) electrons. The maximum Gasteiger partial charge on any atom is 0.419 e. The molecule has 3 aliphatic rings. The van der Waals surface area contributed by atoms with Crippen LogP contribution in [-0.4, -0.2) is 65.9 Å². The van der Waals surface area contributed by atoms with Gasteiger partial charge in [0.05, 0.1) is 28.5 Å². The van der Waals surface area contributed by atoms with Crippen LogP contribution in [-0.2, 0) is 16.2 Å². The van der Waals surface area contributed by atoms with Crippen LogP contribution in [0.2, 0.25) is 0 Å². The molecule has 0 amide bonds. The summed E-state index contributed by atoms with van der Waals surface area (Å²) < 4.78 is 85.8. The first-order chi connectivity index (χ1) is 15.6. The minimum Gasteiger partial charge on any atom is -0.472 e. The molecule has 1 aliphatic carbocycles. The normalized spacial score (nSPS) is 24.6. The van der Waals surface area contributed by atoms with Gasteiger partial charge in [-0.1, -0.05) is 0 Å². The predicted molar refractivity (Wildman–Crippen MR) is 109 cm³/mol. The van der Waals surface area contributed by atoms with Gasteiger partial charge in [0.25, 0.3) is 0 Å². The van der Waals surface area contributed by atoms with Crippen LogP contribution in [0.4, 0.5) is 17.6 Å². The Morgan fingerprint density at radius 2 is 1.85 bits per heavy atom. The Bertz CT molecular complexity index is 1140. The zero-order chi connectivity index (χ0) is 23.4. The summed E-state index contributed by atoms with van der Waals surface area (Å²) in [6.45, 7) is 1.26. The van der Waals surface area contributed by atoms with Crippen LogP contribution < -0.4 is 4.74 Å². The number of halogens is 4. The van der Waals surface area contributed by atoms with Gasteiger partial charge >= 0.3 is 6.18 Å². The van der Waals surface area contributed by atoms with E-state index in [9.17, 15) is 26.0 Å². The van der Waals surface area contributed by atoms with Gasteiger partial charge in [-0.05, 0) is 31.0 Å². The summed E-state index contributed by atoms with van der Waals surface area (Å²) >= 11 is 0. The van der Waals surface area contributed by atoms with Crippen molar-refractivity contribution in [3.63, 3.8) is 0 Å². The van der Waals surface area contributed by atoms with Gasteiger partial charge in [-0.2, -0.15) is 17.5 Å². The molecule has 1 aromatic carbocycles. The fourth-order valence-corrected chi connectivity index (χ4v) is 5.95. The highest BCUT2D eigenvalue weighted by Gasteiger charge is 2.42. The molecule has 1 aromatic heterocycles. The Balaban J connectivity index is 1.26. The molecule has 2 aliphatic heterocycles. The molecular weight excluding hydrogens is 464 g/mol. The van der Waals surface area contributed by atoms with Crippen molar-refractivity contribution in [2.24, 2.45) is 0 Å². The topological polar surface area (TPSA) is 75.6 Å². The van der Waals surface area contributed by atoms with E-state index in [0.717, 1.165) is 28.9 Å². The van der Waals surface area contributed by atoms with Crippen molar-refractivity contribution < 1.29 is 30.7 Å². The van der Waals surface area contributed by atoms with Crippen LogP contribution >= 0.6 is 0 Å². The first-order valence-electron chi connectivity index (χ1n) is 10.7. The van der Waals surface area contributed by atoms with E-state index in [1.807, 2.05) is 0 Å². The summed E-state index contributed by atoms with van der Waals surface area (Å²) in [5, 5.41) is 0. The fraction of sp³-hybridized carbons (Fsp3) is 0.524. The highest BCUT2D eigenvalue weighted by atomic mass is 32.2. The van der Waals surface area contributed by atoms with Crippen LogP contribution in [0.15, 0.2) is 35.5 Å². The lowest BCUT2D eigenvalue weighted by Gasteiger charge is -2.36. The number of nitrogens with zero attached hydrogens (tertiary/aromatic N) is 4. The van der Waals surface area contributed by atoms with Gasteiger partial charge in [-0.3, -0.25) is 9.88 Å². The minimum absolute atomic E-state index is 0.118. The van der Waals surface area contributed by atoms with Crippen molar-refractivity contribution >= 4 is 10.0 Å². The summed E-state index contributed by atoms with van der Waals surface area (Å²) in [7, 11) is -4.21. The van der Waals surface area contributed by atoms with E-state index in [2.05, 4.69) is 14.9 Å². The third-order valence-electron chi connectivity index (χ3n) is 6.35. The van der Waals surface area contributed by atoms with E-state index < -0.39 is 32.5 Å². The largest absolute Gasteiger partial charge is 0.472 e. The van der Waals surface area contributed by atoms with Crippen LogP contribution in [0.3, 0.4) is 0 Å². The molecule has 0 spiro atoms. The van der Waals surface area contributed by atoms with Crippen LogP contribution in [0.5, 0.6) is 5.88 Å². The molecule has 33 heavy (non-hydrogen) atoms. The summed E-state index contributed by atoms with van der Waals surface area (Å²) in [5.74, 6) is -0.594. The Hall–Kier alpha value is -2.31. The number of ether oxygens (including phenoxy) is 1. The van der Waals surface area contributed by atoms with Crippen molar-refractivity contribution in [3.05, 3.63) is 47.7 Å². The highest BCUT2D eigenvalue weighted by Crippen LogP contribution is 2.39. The molecule has 0 unspecified atom stereocenters. The number of hydrogen-bond acceptors (Lipinski definition) is 6. The van der Waals surface area contributed by atoms with Gasteiger partial charge < -0.3 is 4.74 Å². The van der Waals surface area contributed by atoms with Gasteiger partial charge in [-0.25, -0.2) is 17.8 Å². The van der Waals surface area contributed by atoms with Crippen molar-refractivity contribution in [2.75, 3.05) is 26.2 Å². The second kappa shape index (κ2) is 8.17. The molecule has 2 saturated heterocycles. The molecule has 3 heterocycles.